The standard InChI is InChI=1S/C15H29NO3/c1-10(2)13-8-14(4,18-5)15(17,11(3)19-13)9-16-12-6-7-12/h10-13,16-17H,6-9H2,1-5H3/t11?,13-,14?,15+/m1/s1. The van der Waals surface area contributed by atoms with Gasteiger partial charge in [-0.15, -0.1) is 0 Å². The lowest BCUT2D eigenvalue weighted by molar-refractivity contribution is -0.274. The van der Waals surface area contributed by atoms with E-state index in [4.69, 9.17) is 9.47 Å². The van der Waals surface area contributed by atoms with Gasteiger partial charge in [0.2, 0.25) is 0 Å². The monoisotopic (exact) mass is 271 g/mol. The van der Waals surface area contributed by atoms with E-state index in [9.17, 15) is 5.11 Å². The zero-order valence-electron chi connectivity index (χ0n) is 12.9. The summed E-state index contributed by atoms with van der Waals surface area (Å²) in [5.74, 6) is 0.429. The van der Waals surface area contributed by atoms with Crippen LogP contribution < -0.4 is 5.32 Å². The predicted molar refractivity (Wildman–Crippen MR) is 75.2 cm³/mol. The summed E-state index contributed by atoms with van der Waals surface area (Å²) in [6.07, 6.45) is 3.06. The molecule has 0 aromatic heterocycles. The molecule has 0 amide bonds. The van der Waals surface area contributed by atoms with Crippen LogP contribution in [0.4, 0.5) is 0 Å². The first-order valence-corrected chi connectivity index (χ1v) is 7.49. The molecule has 1 aliphatic carbocycles. The molecule has 1 saturated heterocycles. The van der Waals surface area contributed by atoms with Crippen LogP contribution in [0.25, 0.3) is 0 Å². The fourth-order valence-corrected chi connectivity index (χ4v) is 2.98. The smallest absolute Gasteiger partial charge is 0.131 e. The molecule has 19 heavy (non-hydrogen) atoms. The molecule has 0 bridgehead atoms. The molecular formula is C15H29NO3. The number of rotatable bonds is 5. The molecule has 1 aliphatic heterocycles. The van der Waals surface area contributed by atoms with Gasteiger partial charge in [-0.2, -0.15) is 0 Å². The summed E-state index contributed by atoms with van der Waals surface area (Å²) in [4.78, 5) is 0. The van der Waals surface area contributed by atoms with Gasteiger partial charge >= 0.3 is 0 Å². The molecule has 0 spiro atoms. The summed E-state index contributed by atoms with van der Waals surface area (Å²) >= 11 is 0. The lowest BCUT2D eigenvalue weighted by Crippen LogP contribution is -2.70. The predicted octanol–water partition coefficient (Wildman–Crippen LogP) is 1.71. The molecule has 0 aromatic carbocycles. The Morgan fingerprint density at radius 2 is 2.05 bits per heavy atom. The first-order chi connectivity index (χ1) is 8.82. The van der Waals surface area contributed by atoms with Gasteiger partial charge < -0.3 is 19.9 Å². The summed E-state index contributed by atoms with van der Waals surface area (Å²) in [6.45, 7) is 8.81. The zero-order chi connectivity index (χ0) is 14.3. The zero-order valence-corrected chi connectivity index (χ0v) is 12.9. The second-order valence-electron chi connectivity index (χ2n) is 6.78. The second kappa shape index (κ2) is 5.32. The minimum atomic E-state index is -0.976. The lowest BCUT2D eigenvalue weighted by Gasteiger charge is -2.54. The van der Waals surface area contributed by atoms with Crippen molar-refractivity contribution in [2.24, 2.45) is 5.92 Å². The van der Waals surface area contributed by atoms with E-state index in [-0.39, 0.29) is 12.2 Å². The average molecular weight is 271 g/mol. The van der Waals surface area contributed by atoms with Crippen molar-refractivity contribution in [3.63, 3.8) is 0 Å². The fraction of sp³-hybridized carbons (Fsp3) is 1.00. The summed E-state index contributed by atoms with van der Waals surface area (Å²) in [7, 11) is 1.69. The number of ether oxygens (including phenoxy) is 2. The maximum Gasteiger partial charge on any atom is 0.131 e. The Hall–Kier alpha value is -0.160. The Bertz CT molecular complexity index is 319. The largest absolute Gasteiger partial charge is 0.383 e. The summed E-state index contributed by atoms with van der Waals surface area (Å²) in [5, 5.41) is 14.5. The van der Waals surface area contributed by atoms with E-state index < -0.39 is 11.2 Å². The molecule has 2 N–H and O–H groups in total. The van der Waals surface area contributed by atoms with Crippen LogP contribution in [0.5, 0.6) is 0 Å². The number of nitrogens with one attached hydrogen (secondary N) is 1. The quantitative estimate of drug-likeness (QED) is 0.799. The van der Waals surface area contributed by atoms with E-state index in [2.05, 4.69) is 19.2 Å². The first kappa shape index (κ1) is 15.2. The minimum absolute atomic E-state index is 0.140. The molecule has 2 unspecified atom stereocenters. The highest BCUT2D eigenvalue weighted by Crippen LogP contribution is 2.41. The van der Waals surface area contributed by atoms with E-state index in [1.807, 2.05) is 13.8 Å². The van der Waals surface area contributed by atoms with Gasteiger partial charge in [0, 0.05) is 26.1 Å². The van der Waals surface area contributed by atoms with Crippen molar-refractivity contribution in [1.82, 2.24) is 5.32 Å². The van der Waals surface area contributed by atoms with Crippen LogP contribution in [0.2, 0.25) is 0 Å². The van der Waals surface area contributed by atoms with Gasteiger partial charge in [0.15, 0.2) is 0 Å². The van der Waals surface area contributed by atoms with Gasteiger partial charge in [0.25, 0.3) is 0 Å². The third-order valence-corrected chi connectivity index (χ3v) is 4.99. The Kier molecular flexibility index (Phi) is 4.26. The molecule has 1 saturated carbocycles. The molecule has 2 aliphatic rings. The maximum absolute atomic E-state index is 11.1. The highest BCUT2D eigenvalue weighted by atomic mass is 16.6. The molecule has 2 fully saturated rings. The fourth-order valence-electron chi connectivity index (χ4n) is 2.98. The summed E-state index contributed by atoms with van der Waals surface area (Å²) < 4.78 is 11.8. The average Bonchev–Trinajstić information content (AvgIpc) is 3.17. The SMILES string of the molecule is COC1(C)C[C@H](C(C)C)OC(C)[C@@]1(O)CNC1CC1. The molecular weight excluding hydrogens is 242 g/mol. The van der Waals surface area contributed by atoms with Gasteiger partial charge in [-0.25, -0.2) is 0 Å². The van der Waals surface area contributed by atoms with Gasteiger partial charge in [-0.1, -0.05) is 13.8 Å². The topological polar surface area (TPSA) is 50.7 Å². The van der Waals surface area contributed by atoms with Crippen LogP contribution in [0.15, 0.2) is 0 Å². The molecule has 0 radical (unpaired) electrons. The summed E-state index contributed by atoms with van der Waals surface area (Å²) in [5.41, 5.74) is -1.54. The van der Waals surface area contributed by atoms with Crippen LogP contribution in [0, 0.1) is 5.92 Å². The first-order valence-electron chi connectivity index (χ1n) is 7.49. The number of methoxy groups -OCH3 is 1. The third-order valence-electron chi connectivity index (χ3n) is 4.99. The van der Waals surface area contributed by atoms with Crippen molar-refractivity contribution in [2.45, 2.75) is 76.4 Å². The van der Waals surface area contributed by atoms with Crippen LogP contribution in [0.1, 0.15) is 47.0 Å². The van der Waals surface area contributed by atoms with Gasteiger partial charge in [0.05, 0.1) is 17.8 Å². The van der Waals surface area contributed by atoms with Crippen molar-refractivity contribution in [1.29, 1.82) is 0 Å². The molecule has 4 atom stereocenters. The van der Waals surface area contributed by atoms with Crippen molar-refractivity contribution >= 4 is 0 Å². The minimum Gasteiger partial charge on any atom is -0.383 e. The van der Waals surface area contributed by atoms with Crippen LogP contribution in [0.3, 0.4) is 0 Å². The Morgan fingerprint density at radius 1 is 1.42 bits per heavy atom. The van der Waals surface area contributed by atoms with E-state index >= 15 is 0 Å². The van der Waals surface area contributed by atoms with E-state index in [1.54, 1.807) is 7.11 Å². The molecule has 1 heterocycles. The van der Waals surface area contributed by atoms with Crippen LogP contribution in [-0.4, -0.2) is 48.2 Å². The maximum atomic E-state index is 11.1. The highest BCUT2D eigenvalue weighted by Gasteiger charge is 2.57. The molecule has 0 aromatic rings. The lowest BCUT2D eigenvalue weighted by atomic mass is 9.72. The number of hydrogen-bond donors (Lipinski definition) is 2. The molecule has 2 rings (SSSR count). The Labute approximate surface area is 116 Å². The Balaban J connectivity index is 2.14. The Morgan fingerprint density at radius 3 is 2.53 bits per heavy atom. The molecule has 112 valence electrons. The van der Waals surface area contributed by atoms with Crippen molar-refractivity contribution in [3.05, 3.63) is 0 Å². The molecule has 4 nitrogen and oxygen atoms in total. The molecule has 4 heteroatoms. The van der Waals surface area contributed by atoms with Gasteiger partial charge in [-0.05, 0) is 32.6 Å². The number of aliphatic hydroxyl groups is 1. The van der Waals surface area contributed by atoms with E-state index in [0.29, 0.717) is 18.5 Å². The van der Waals surface area contributed by atoms with E-state index in [0.717, 1.165) is 6.42 Å². The summed E-state index contributed by atoms with van der Waals surface area (Å²) in [6, 6.07) is 0.570. The third kappa shape index (κ3) is 2.82. The van der Waals surface area contributed by atoms with Crippen LogP contribution >= 0.6 is 0 Å². The second-order valence-corrected chi connectivity index (χ2v) is 6.78. The van der Waals surface area contributed by atoms with Gasteiger partial charge in [0.1, 0.15) is 5.60 Å². The van der Waals surface area contributed by atoms with Crippen molar-refractivity contribution in [2.75, 3.05) is 13.7 Å². The van der Waals surface area contributed by atoms with Crippen molar-refractivity contribution in [3.8, 4) is 0 Å². The van der Waals surface area contributed by atoms with Gasteiger partial charge in [-0.3, -0.25) is 0 Å². The highest BCUT2D eigenvalue weighted by molar-refractivity contribution is 5.09. The number of hydrogen-bond acceptors (Lipinski definition) is 4. The van der Waals surface area contributed by atoms with E-state index in [1.165, 1.54) is 12.8 Å². The van der Waals surface area contributed by atoms with Crippen molar-refractivity contribution < 1.29 is 14.6 Å². The van der Waals surface area contributed by atoms with Crippen LogP contribution in [-0.2, 0) is 9.47 Å². The normalized spacial score (nSPS) is 43.7.